The number of aromatic nitrogens is 2. The minimum absolute atomic E-state index is 0.0119. The quantitative estimate of drug-likeness (QED) is 0.552. The lowest BCUT2D eigenvalue weighted by molar-refractivity contribution is -0.158. The topological polar surface area (TPSA) is 135 Å². The van der Waals surface area contributed by atoms with Crippen LogP contribution in [0.25, 0.3) is 0 Å². The molecular weight excluding hydrogens is 398 g/mol. The lowest BCUT2D eigenvalue weighted by Crippen LogP contribution is -2.31. The standard InChI is InChI=1S/C19H25N3O8/c1-19(2,3)30-18(26)21-13-6-7-22(17(25)20-13)14-8-11-9-27-15(23)4-5-16(24)28-10-12(11)29-14/h6-7,11-12,14H,4-5,8-10H2,1-3H3,(H,20,21,25,26)/t11?,12-,14-/m1/s1. The van der Waals surface area contributed by atoms with Crippen molar-refractivity contribution in [2.24, 2.45) is 5.92 Å². The van der Waals surface area contributed by atoms with E-state index in [0.29, 0.717) is 6.42 Å². The maximum absolute atomic E-state index is 12.5. The molecule has 1 aromatic heterocycles. The van der Waals surface area contributed by atoms with Gasteiger partial charge in [0.2, 0.25) is 0 Å². The zero-order chi connectivity index (χ0) is 21.9. The van der Waals surface area contributed by atoms with Gasteiger partial charge < -0.3 is 18.9 Å². The third-order valence-electron chi connectivity index (χ3n) is 4.53. The Morgan fingerprint density at radius 1 is 1.17 bits per heavy atom. The number of rotatable bonds is 2. The molecule has 1 N–H and O–H groups in total. The molecule has 30 heavy (non-hydrogen) atoms. The zero-order valence-electron chi connectivity index (χ0n) is 17.1. The molecule has 11 nitrogen and oxygen atoms in total. The van der Waals surface area contributed by atoms with Crippen molar-refractivity contribution in [1.29, 1.82) is 0 Å². The Bertz CT molecular complexity index is 847. The molecule has 2 saturated heterocycles. The molecule has 0 bridgehead atoms. The van der Waals surface area contributed by atoms with Crippen LogP contribution >= 0.6 is 0 Å². The minimum Gasteiger partial charge on any atom is -0.465 e. The van der Waals surface area contributed by atoms with Gasteiger partial charge in [0.1, 0.15) is 30.4 Å². The van der Waals surface area contributed by atoms with Gasteiger partial charge >= 0.3 is 23.7 Å². The Labute approximate surface area is 172 Å². The lowest BCUT2D eigenvalue weighted by atomic mass is 10.0. The lowest BCUT2D eigenvalue weighted by Gasteiger charge is -2.20. The van der Waals surface area contributed by atoms with E-state index < -0.39 is 41.7 Å². The van der Waals surface area contributed by atoms with Crippen molar-refractivity contribution in [3.05, 3.63) is 22.7 Å². The van der Waals surface area contributed by atoms with Gasteiger partial charge in [0, 0.05) is 18.5 Å². The monoisotopic (exact) mass is 423 g/mol. The number of nitrogens with zero attached hydrogens (tertiary/aromatic N) is 2. The highest BCUT2D eigenvalue weighted by Crippen LogP contribution is 2.33. The molecule has 0 spiro atoms. The van der Waals surface area contributed by atoms with E-state index in [4.69, 9.17) is 18.9 Å². The van der Waals surface area contributed by atoms with Crippen molar-refractivity contribution in [3.8, 4) is 0 Å². The van der Waals surface area contributed by atoms with Crippen LogP contribution in [0.1, 0.15) is 46.3 Å². The Balaban J connectivity index is 1.69. The van der Waals surface area contributed by atoms with Gasteiger partial charge in [-0.25, -0.2) is 9.59 Å². The van der Waals surface area contributed by atoms with Crippen molar-refractivity contribution >= 4 is 23.8 Å². The van der Waals surface area contributed by atoms with Crippen LogP contribution in [0.15, 0.2) is 17.1 Å². The molecule has 1 amide bonds. The number of ether oxygens (including phenoxy) is 4. The first-order chi connectivity index (χ1) is 14.1. The van der Waals surface area contributed by atoms with E-state index in [1.807, 2.05) is 0 Å². The van der Waals surface area contributed by atoms with E-state index in [1.165, 1.54) is 16.8 Å². The summed E-state index contributed by atoms with van der Waals surface area (Å²) in [5.41, 5.74) is -1.32. The largest absolute Gasteiger partial charge is 0.465 e. The predicted octanol–water partition coefficient (Wildman–Crippen LogP) is 1.37. The van der Waals surface area contributed by atoms with E-state index in [9.17, 15) is 19.2 Å². The predicted molar refractivity (Wildman–Crippen MR) is 102 cm³/mol. The maximum atomic E-state index is 12.5. The zero-order valence-corrected chi connectivity index (χ0v) is 17.1. The van der Waals surface area contributed by atoms with Crippen LogP contribution in [-0.2, 0) is 28.5 Å². The molecule has 3 rings (SSSR count). The van der Waals surface area contributed by atoms with E-state index in [2.05, 4.69) is 10.3 Å². The number of fused-ring (bicyclic) bond motifs is 1. The highest BCUT2D eigenvalue weighted by Gasteiger charge is 2.39. The van der Waals surface area contributed by atoms with E-state index in [1.54, 1.807) is 20.8 Å². The summed E-state index contributed by atoms with van der Waals surface area (Å²) >= 11 is 0. The minimum atomic E-state index is -0.724. The van der Waals surface area contributed by atoms with Gasteiger partial charge in [-0.2, -0.15) is 4.98 Å². The number of amides is 1. The van der Waals surface area contributed by atoms with Crippen LogP contribution in [0.2, 0.25) is 0 Å². The Morgan fingerprint density at radius 2 is 1.83 bits per heavy atom. The van der Waals surface area contributed by atoms with Gasteiger partial charge in [0.25, 0.3) is 0 Å². The maximum Gasteiger partial charge on any atom is 0.413 e. The van der Waals surface area contributed by atoms with Crippen LogP contribution in [0.4, 0.5) is 10.6 Å². The van der Waals surface area contributed by atoms with Crippen molar-refractivity contribution in [3.63, 3.8) is 0 Å². The second-order valence-corrected chi connectivity index (χ2v) is 8.12. The second kappa shape index (κ2) is 8.82. The van der Waals surface area contributed by atoms with Crippen LogP contribution in [0, 0.1) is 5.92 Å². The third kappa shape index (κ3) is 5.78. The number of carbonyl (C=O) groups excluding carboxylic acids is 3. The molecule has 1 aromatic rings. The Kier molecular flexibility index (Phi) is 6.40. The molecule has 2 fully saturated rings. The molecule has 11 heteroatoms. The molecular formula is C19H25N3O8. The van der Waals surface area contributed by atoms with E-state index >= 15 is 0 Å². The fourth-order valence-electron chi connectivity index (χ4n) is 3.14. The summed E-state index contributed by atoms with van der Waals surface area (Å²) < 4.78 is 22.7. The van der Waals surface area contributed by atoms with Gasteiger partial charge in [-0.05, 0) is 26.8 Å². The number of cyclic esters (lactones) is 2. The normalized spacial score (nSPS) is 25.0. The Hall–Kier alpha value is -2.95. The third-order valence-corrected chi connectivity index (χ3v) is 4.53. The van der Waals surface area contributed by atoms with Crippen molar-refractivity contribution in [2.75, 3.05) is 18.5 Å². The van der Waals surface area contributed by atoms with Crippen LogP contribution in [0.3, 0.4) is 0 Å². The van der Waals surface area contributed by atoms with Crippen molar-refractivity contribution in [2.45, 2.75) is 58.0 Å². The molecule has 3 heterocycles. The smallest absolute Gasteiger partial charge is 0.413 e. The van der Waals surface area contributed by atoms with Crippen LogP contribution in [0.5, 0.6) is 0 Å². The molecule has 2 aliphatic rings. The summed E-state index contributed by atoms with van der Waals surface area (Å²) in [5, 5.41) is 2.41. The fourth-order valence-corrected chi connectivity index (χ4v) is 3.14. The number of carbonyl (C=O) groups is 3. The summed E-state index contributed by atoms with van der Waals surface area (Å²) in [6.07, 6.45) is -0.174. The second-order valence-electron chi connectivity index (χ2n) is 8.12. The van der Waals surface area contributed by atoms with Gasteiger partial charge in [-0.15, -0.1) is 0 Å². The average molecular weight is 423 g/mol. The first kappa shape index (κ1) is 21.8. The van der Waals surface area contributed by atoms with Gasteiger partial charge in [-0.3, -0.25) is 19.5 Å². The highest BCUT2D eigenvalue weighted by molar-refractivity contribution is 5.83. The summed E-state index contributed by atoms with van der Waals surface area (Å²) in [6, 6.07) is 1.45. The molecule has 0 saturated carbocycles. The van der Waals surface area contributed by atoms with Crippen LogP contribution in [-0.4, -0.2) is 52.5 Å². The number of esters is 2. The molecule has 0 aromatic carbocycles. The molecule has 164 valence electrons. The van der Waals surface area contributed by atoms with E-state index in [0.717, 1.165) is 0 Å². The van der Waals surface area contributed by atoms with Crippen LogP contribution < -0.4 is 11.0 Å². The first-order valence-electron chi connectivity index (χ1n) is 9.66. The first-order valence-corrected chi connectivity index (χ1v) is 9.66. The number of hydrogen-bond donors (Lipinski definition) is 1. The fraction of sp³-hybridized carbons (Fsp3) is 0.632. The van der Waals surface area contributed by atoms with E-state index in [-0.39, 0.29) is 37.8 Å². The summed E-state index contributed by atoms with van der Waals surface area (Å²) in [4.78, 5) is 51.5. The number of nitrogens with one attached hydrogen (secondary N) is 1. The van der Waals surface area contributed by atoms with Gasteiger partial charge in [0.15, 0.2) is 0 Å². The molecule has 1 unspecified atom stereocenters. The average Bonchev–Trinajstić information content (AvgIpc) is 3.04. The molecule has 2 aliphatic heterocycles. The summed E-state index contributed by atoms with van der Waals surface area (Å²) in [6.45, 7) is 5.28. The van der Waals surface area contributed by atoms with Gasteiger partial charge in [-0.1, -0.05) is 0 Å². The molecule has 3 atom stereocenters. The Morgan fingerprint density at radius 3 is 2.47 bits per heavy atom. The van der Waals surface area contributed by atoms with Gasteiger partial charge in [0.05, 0.1) is 19.4 Å². The summed E-state index contributed by atoms with van der Waals surface area (Å²) in [7, 11) is 0. The van der Waals surface area contributed by atoms with Crippen molar-refractivity contribution < 1.29 is 33.3 Å². The molecule has 0 radical (unpaired) electrons. The SMILES string of the molecule is CC(C)(C)OC(=O)Nc1ccn([C@H]2CC3COC(=O)CCC(=O)OC[C@H]3O2)c(=O)n1. The summed E-state index contributed by atoms with van der Waals surface area (Å²) in [5.74, 6) is -1.18. The molecule has 0 aliphatic carbocycles. The van der Waals surface area contributed by atoms with Crippen molar-refractivity contribution in [1.82, 2.24) is 9.55 Å². The highest BCUT2D eigenvalue weighted by atomic mass is 16.6. The number of hydrogen-bond acceptors (Lipinski definition) is 9. The number of anilines is 1.